The number of nitrogens with one attached hydrogen (secondary N) is 2. The largest absolute Gasteiger partial charge is 0.348 e. The number of rotatable bonds is 7. The van der Waals surface area contributed by atoms with Gasteiger partial charge in [0.25, 0.3) is 5.91 Å². The van der Waals surface area contributed by atoms with Crippen LogP contribution in [-0.4, -0.2) is 29.3 Å². The highest BCUT2D eigenvalue weighted by atomic mass is 16.2. The molecule has 1 saturated heterocycles. The molecule has 2 aromatic rings. The van der Waals surface area contributed by atoms with E-state index in [0.29, 0.717) is 5.92 Å². The number of hydrogen-bond donors (Lipinski definition) is 2. The molecule has 0 bridgehead atoms. The lowest BCUT2D eigenvalue weighted by Gasteiger charge is -2.24. The molecule has 0 aromatic heterocycles. The predicted octanol–water partition coefficient (Wildman–Crippen LogP) is 3.85. The summed E-state index contributed by atoms with van der Waals surface area (Å²) in [6.07, 6.45) is 3.92. The highest BCUT2D eigenvalue weighted by molar-refractivity contribution is 6.09. The molecule has 2 aromatic carbocycles. The number of amides is 4. The molecule has 6 heteroatoms. The van der Waals surface area contributed by atoms with Crippen molar-refractivity contribution in [3.05, 3.63) is 70.8 Å². The minimum absolute atomic E-state index is 0.174. The number of hydrogen-bond acceptors (Lipinski definition) is 3. The number of carbonyl (C=O) groups is 3. The fourth-order valence-corrected chi connectivity index (χ4v) is 4.74. The molecule has 4 amide bonds. The number of nitrogens with zero attached hydrogens (tertiary/aromatic N) is 1. The van der Waals surface area contributed by atoms with Gasteiger partial charge < -0.3 is 10.6 Å². The van der Waals surface area contributed by atoms with Crippen LogP contribution in [0.25, 0.3) is 0 Å². The predicted molar refractivity (Wildman–Crippen MR) is 123 cm³/mol. The van der Waals surface area contributed by atoms with Crippen LogP contribution in [0, 0.1) is 5.92 Å². The number of urea groups is 1. The van der Waals surface area contributed by atoms with E-state index in [-0.39, 0.29) is 18.5 Å². The van der Waals surface area contributed by atoms with Gasteiger partial charge >= 0.3 is 6.03 Å². The fraction of sp³-hybridized carbons (Fsp3) is 0.423. The van der Waals surface area contributed by atoms with Gasteiger partial charge in [-0.3, -0.25) is 14.5 Å². The van der Waals surface area contributed by atoms with Gasteiger partial charge in [0, 0.05) is 0 Å². The second-order valence-corrected chi connectivity index (χ2v) is 9.44. The lowest BCUT2D eigenvalue weighted by atomic mass is 9.89. The number of imide groups is 1. The van der Waals surface area contributed by atoms with E-state index in [1.807, 2.05) is 48.5 Å². The van der Waals surface area contributed by atoms with Crippen LogP contribution < -0.4 is 10.6 Å². The van der Waals surface area contributed by atoms with Crippen molar-refractivity contribution in [2.45, 2.75) is 58.0 Å². The summed E-state index contributed by atoms with van der Waals surface area (Å²) >= 11 is 0. The second-order valence-electron chi connectivity index (χ2n) is 9.44. The molecule has 1 aliphatic carbocycles. The zero-order chi connectivity index (χ0) is 22.9. The first-order valence-electron chi connectivity index (χ1n) is 11.4. The van der Waals surface area contributed by atoms with Gasteiger partial charge in [-0.15, -0.1) is 0 Å². The lowest BCUT2D eigenvalue weighted by molar-refractivity contribution is -0.135. The van der Waals surface area contributed by atoms with E-state index in [9.17, 15) is 14.4 Å². The van der Waals surface area contributed by atoms with E-state index in [1.54, 1.807) is 6.92 Å². The summed E-state index contributed by atoms with van der Waals surface area (Å²) in [6, 6.07) is 15.1. The summed E-state index contributed by atoms with van der Waals surface area (Å²) in [5.41, 5.74) is 3.16. The lowest BCUT2D eigenvalue weighted by Crippen LogP contribution is -2.44. The maximum atomic E-state index is 13.3. The van der Waals surface area contributed by atoms with Gasteiger partial charge in [-0.1, -0.05) is 62.4 Å². The molecule has 2 N–H and O–H groups in total. The quantitative estimate of drug-likeness (QED) is 0.651. The molecule has 1 heterocycles. The molecule has 1 fully saturated rings. The number of aryl methyl sites for hydroxylation is 2. The Morgan fingerprint density at radius 3 is 2.53 bits per heavy atom. The molecular weight excluding hydrogens is 402 g/mol. The van der Waals surface area contributed by atoms with Crippen LogP contribution in [0.2, 0.25) is 0 Å². The van der Waals surface area contributed by atoms with E-state index in [4.69, 9.17) is 0 Å². The molecule has 0 spiro atoms. The Labute approximate surface area is 189 Å². The first kappa shape index (κ1) is 22.1. The van der Waals surface area contributed by atoms with Crippen molar-refractivity contribution in [2.24, 2.45) is 5.92 Å². The first-order valence-corrected chi connectivity index (χ1v) is 11.4. The third-order valence-corrected chi connectivity index (χ3v) is 6.50. The van der Waals surface area contributed by atoms with Crippen LogP contribution in [-0.2, 0) is 28.0 Å². The fourth-order valence-electron chi connectivity index (χ4n) is 4.74. The second kappa shape index (κ2) is 8.77. The maximum Gasteiger partial charge on any atom is 0.325 e. The molecule has 168 valence electrons. The monoisotopic (exact) mass is 433 g/mol. The molecule has 2 unspecified atom stereocenters. The Hall–Kier alpha value is -3.15. The Morgan fingerprint density at radius 2 is 1.81 bits per heavy atom. The Morgan fingerprint density at radius 1 is 1.09 bits per heavy atom. The summed E-state index contributed by atoms with van der Waals surface area (Å²) in [6.45, 7) is 5.61. The highest BCUT2D eigenvalue weighted by Crippen LogP contribution is 2.32. The molecule has 0 saturated carbocycles. The standard InChI is InChI=1S/C26H31N3O3/c1-17(2)14-22(19-8-5-4-6-9-19)27-23(30)16-29-24(31)26(3,28-25(29)32)21-13-12-18-10-7-11-20(18)15-21/h4-6,8-9,12-13,15,17,22H,7,10-11,14,16H2,1-3H3,(H,27,30)(H,28,32). The molecule has 2 aliphatic rings. The van der Waals surface area contributed by atoms with Gasteiger partial charge in [0.2, 0.25) is 5.91 Å². The van der Waals surface area contributed by atoms with Crippen LogP contribution in [0.1, 0.15) is 61.9 Å². The molecule has 2 atom stereocenters. The van der Waals surface area contributed by atoms with Crippen LogP contribution in [0.4, 0.5) is 4.79 Å². The third-order valence-electron chi connectivity index (χ3n) is 6.50. The van der Waals surface area contributed by atoms with E-state index in [1.165, 1.54) is 11.1 Å². The molecule has 1 aliphatic heterocycles. The highest BCUT2D eigenvalue weighted by Gasteiger charge is 2.49. The minimum Gasteiger partial charge on any atom is -0.348 e. The topological polar surface area (TPSA) is 78.5 Å². The van der Waals surface area contributed by atoms with Gasteiger partial charge in [-0.25, -0.2) is 4.79 Å². The SMILES string of the molecule is CC(C)CC(NC(=O)CN1C(=O)NC(C)(c2ccc3c(c2)CCC3)C1=O)c1ccccc1. The van der Waals surface area contributed by atoms with Gasteiger partial charge in [-0.2, -0.15) is 0 Å². The number of fused-ring (bicyclic) bond motifs is 1. The molecule has 32 heavy (non-hydrogen) atoms. The van der Waals surface area contributed by atoms with Crippen LogP contribution >= 0.6 is 0 Å². The Balaban J connectivity index is 1.48. The molecule has 4 rings (SSSR count). The van der Waals surface area contributed by atoms with Crippen molar-refractivity contribution >= 4 is 17.8 Å². The summed E-state index contributed by atoms with van der Waals surface area (Å²) in [4.78, 5) is 39.9. The van der Waals surface area contributed by atoms with E-state index >= 15 is 0 Å². The van der Waals surface area contributed by atoms with Crippen LogP contribution in [0.3, 0.4) is 0 Å². The summed E-state index contributed by atoms with van der Waals surface area (Å²) < 4.78 is 0. The normalized spacial score (nSPS) is 20.9. The maximum absolute atomic E-state index is 13.3. The average Bonchev–Trinajstić information content (AvgIpc) is 3.32. The minimum atomic E-state index is -1.16. The van der Waals surface area contributed by atoms with Crippen molar-refractivity contribution in [3.63, 3.8) is 0 Å². The van der Waals surface area contributed by atoms with Gasteiger partial charge in [-0.05, 0) is 60.8 Å². The third kappa shape index (κ3) is 4.27. The molecule has 0 radical (unpaired) electrons. The van der Waals surface area contributed by atoms with Gasteiger partial charge in [0.1, 0.15) is 12.1 Å². The summed E-state index contributed by atoms with van der Waals surface area (Å²) in [5, 5.41) is 5.84. The van der Waals surface area contributed by atoms with Gasteiger partial charge in [0.05, 0.1) is 6.04 Å². The number of carbonyl (C=O) groups excluding carboxylic acids is 3. The first-order chi connectivity index (χ1) is 15.3. The zero-order valence-corrected chi connectivity index (χ0v) is 19.0. The van der Waals surface area contributed by atoms with Crippen LogP contribution in [0.15, 0.2) is 48.5 Å². The van der Waals surface area contributed by atoms with Crippen molar-refractivity contribution in [3.8, 4) is 0 Å². The van der Waals surface area contributed by atoms with Crippen molar-refractivity contribution in [2.75, 3.05) is 6.54 Å². The molecular formula is C26H31N3O3. The van der Waals surface area contributed by atoms with Crippen LogP contribution in [0.5, 0.6) is 0 Å². The summed E-state index contributed by atoms with van der Waals surface area (Å²) in [5.74, 6) is -0.364. The van der Waals surface area contributed by atoms with Gasteiger partial charge in [0.15, 0.2) is 0 Å². The van der Waals surface area contributed by atoms with E-state index in [2.05, 4.69) is 24.5 Å². The smallest absolute Gasteiger partial charge is 0.325 e. The Bertz CT molecular complexity index is 1030. The van der Waals surface area contributed by atoms with Crippen molar-refractivity contribution < 1.29 is 14.4 Å². The number of benzene rings is 2. The average molecular weight is 434 g/mol. The Kier molecular flexibility index (Phi) is 6.04. The van der Waals surface area contributed by atoms with E-state index in [0.717, 1.165) is 41.7 Å². The van der Waals surface area contributed by atoms with Crippen molar-refractivity contribution in [1.82, 2.24) is 15.5 Å². The zero-order valence-electron chi connectivity index (χ0n) is 19.0. The van der Waals surface area contributed by atoms with E-state index < -0.39 is 17.5 Å². The summed E-state index contributed by atoms with van der Waals surface area (Å²) in [7, 11) is 0. The molecule has 6 nitrogen and oxygen atoms in total. The van der Waals surface area contributed by atoms with Crippen molar-refractivity contribution in [1.29, 1.82) is 0 Å².